The molecule has 7 heteroatoms. The molecule has 27 heavy (non-hydrogen) atoms. The summed E-state index contributed by atoms with van der Waals surface area (Å²) in [6.07, 6.45) is 1.45. The molecule has 1 atom stereocenters. The molecule has 0 aliphatic carbocycles. The molecule has 2 aromatic carbocycles. The number of sulfonamides is 1. The third-order valence-corrected chi connectivity index (χ3v) is 5.55. The minimum absolute atomic E-state index is 0.331. The van der Waals surface area contributed by atoms with Crippen molar-refractivity contribution in [2.75, 3.05) is 17.7 Å². The van der Waals surface area contributed by atoms with E-state index in [1.807, 2.05) is 31.2 Å². The van der Waals surface area contributed by atoms with Crippen LogP contribution >= 0.6 is 0 Å². The molecule has 146 valence electrons. The Bertz CT molecular complexity index is 879. The number of ether oxygens (including phenoxy) is 1. The maximum Gasteiger partial charge on any atom is 0.244 e. The predicted octanol–water partition coefficient (Wildman–Crippen LogP) is 2.86. The molecule has 2 rings (SSSR count). The molecule has 0 aliphatic heterocycles. The average molecular weight is 391 g/mol. The maximum absolute atomic E-state index is 12.8. The van der Waals surface area contributed by atoms with E-state index < -0.39 is 16.1 Å². The van der Waals surface area contributed by atoms with Gasteiger partial charge in [-0.25, -0.2) is 8.42 Å². The Labute approximate surface area is 161 Å². The third kappa shape index (κ3) is 5.23. The number of rotatable bonds is 8. The second kappa shape index (κ2) is 8.90. The van der Waals surface area contributed by atoms with Crippen molar-refractivity contribution in [3.63, 3.8) is 0 Å². The summed E-state index contributed by atoms with van der Waals surface area (Å²) in [7, 11) is -2.11. The van der Waals surface area contributed by atoms with E-state index >= 15 is 0 Å². The van der Waals surface area contributed by atoms with Gasteiger partial charge in [-0.15, -0.1) is 0 Å². The normalized spacial score (nSPS) is 12.3. The third-order valence-electron chi connectivity index (χ3n) is 4.37. The number of aryl methyl sites for hydroxylation is 1. The smallest absolute Gasteiger partial charge is 0.244 e. The SMILES string of the molecule is CC[C@H](C(=O)NCc1ccccc1C)N(c1ccc(OC)cc1)S(C)(=O)=O. The molecule has 1 amide bonds. The van der Waals surface area contributed by atoms with Crippen molar-refractivity contribution in [1.29, 1.82) is 0 Å². The zero-order chi connectivity index (χ0) is 20.0. The number of amides is 1. The number of carbonyl (C=O) groups excluding carboxylic acids is 1. The molecule has 0 heterocycles. The zero-order valence-corrected chi connectivity index (χ0v) is 16.9. The molecule has 0 saturated carbocycles. The molecule has 0 radical (unpaired) electrons. The van der Waals surface area contributed by atoms with E-state index in [4.69, 9.17) is 4.74 Å². The van der Waals surface area contributed by atoms with E-state index in [0.717, 1.165) is 17.4 Å². The number of anilines is 1. The van der Waals surface area contributed by atoms with Gasteiger partial charge in [0.2, 0.25) is 15.9 Å². The fourth-order valence-corrected chi connectivity index (χ4v) is 4.11. The van der Waals surface area contributed by atoms with Crippen molar-refractivity contribution in [3.8, 4) is 5.75 Å². The van der Waals surface area contributed by atoms with Gasteiger partial charge in [0, 0.05) is 6.54 Å². The lowest BCUT2D eigenvalue weighted by Crippen LogP contribution is -2.49. The lowest BCUT2D eigenvalue weighted by atomic mass is 10.1. The lowest BCUT2D eigenvalue weighted by molar-refractivity contribution is -0.122. The van der Waals surface area contributed by atoms with Crippen LogP contribution in [0.2, 0.25) is 0 Å². The first-order valence-corrected chi connectivity index (χ1v) is 10.6. The fourth-order valence-electron chi connectivity index (χ4n) is 2.90. The molecule has 2 aromatic rings. The Morgan fingerprint density at radius 2 is 1.78 bits per heavy atom. The monoisotopic (exact) mass is 390 g/mol. The number of nitrogens with one attached hydrogen (secondary N) is 1. The van der Waals surface area contributed by atoms with E-state index in [0.29, 0.717) is 24.4 Å². The van der Waals surface area contributed by atoms with Crippen LogP contribution in [-0.4, -0.2) is 33.7 Å². The standard InChI is InChI=1S/C20H26N2O4S/c1-5-19(20(23)21-14-16-9-7-6-8-15(16)2)22(27(4,24)25)17-10-12-18(26-3)13-11-17/h6-13,19H,5,14H2,1-4H3,(H,21,23)/t19-/m1/s1. The van der Waals surface area contributed by atoms with E-state index in [-0.39, 0.29) is 5.91 Å². The number of hydrogen-bond donors (Lipinski definition) is 1. The summed E-state index contributed by atoms with van der Waals surface area (Å²) in [6, 6.07) is 13.5. The Kier molecular flexibility index (Phi) is 6.85. The van der Waals surface area contributed by atoms with Gasteiger partial charge in [0.1, 0.15) is 11.8 Å². The van der Waals surface area contributed by atoms with E-state index in [1.54, 1.807) is 31.2 Å². The summed E-state index contributed by atoms with van der Waals surface area (Å²) in [5, 5.41) is 2.87. The van der Waals surface area contributed by atoms with Crippen LogP contribution in [0.1, 0.15) is 24.5 Å². The van der Waals surface area contributed by atoms with Gasteiger partial charge in [0.25, 0.3) is 0 Å². The van der Waals surface area contributed by atoms with Crippen LogP contribution in [0.3, 0.4) is 0 Å². The van der Waals surface area contributed by atoms with Crippen LogP contribution in [-0.2, 0) is 21.4 Å². The van der Waals surface area contributed by atoms with Crippen molar-refractivity contribution < 1.29 is 17.9 Å². The summed E-state index contributed by atoms with van der Waals surface area (Å²) in [6.45, 7) is 4.11. The minimum Gasteiger partial charge on any atom is -0.497 e. The molecular formula is C20H26N2O4S. The average Bonchev–Trinajstić information content (AvgIpc) is 2.64. The number of carbonyl (C=O) groups is 1. The Morgan fingerprint density at radius 3 is 2.30 bits per heavy atom. The Balaban J connectivity index is 2.26. The summed E-state index contributed by atoms with van der Waals surface area (Å²) < 4.78 is 31.2. The predicted molar refractivity (Wildman–Crippen MR) is 107 cm³/mol. The van der Waals surface area contributed by atoms with Gasteiger partial charge in [-0.3, -0.25) is 9.10 Å². The van der Waals surface area contributed by atoms with Gasteiger partial charge in [-0.2, -0.15) is 0 Å². The quantitative estimate of drug-likeness (QED) is 0.752. The van der Waals surface area contributed by atoms with Gasteiger partial charge in [-0.05, 0) is 48.7 Å². The van der Waals surface area contributed by atoms with Crippen molar-refractivity contribution in [1.82, 2.24) is 5.32 Å². The molecular weight excluding hydrogens is 364 g/mol. The maximum atomic E-state index is 12.8. The molecule has 0 unspecified atom stereocenters. The topological polar surface area (TPSA) is 75.7 Å². The van der Waals surface area contributed by atoms with Crippen molar-refractivity contribution in [2.24, 2.45) is 0 Å². The van der Waals surface area contributed by atoms with E-state index in [9.17, 15) is 13.2 Å². The highest BCUT2D eigenvalue weighted by Gasteiger charge is 2.31. The number of nitrogens with zero attached hydrogens (tertiary/aromatic N) is 1. The van der Waals surface area contributed by atoms with E-state index in [2.05, 4.69) is 5.32 Å². The van der Waals surface area contributed by atoms with E-state index in [1.165, 1.54) is 11.4 Å². The minimum atomic E-state index is -3.65. The van der Waals surface area contributed by atoms with Crippen molar-refractivity contribution in [3.05, 3.63) is 59.7 Å². The van der Waals surface area contributed by atoms with Crippen LogP contribution in [0, 0.1) is 6.92 Å². The van der Waals surface area contributed by atoms with Gasteiger partial charge in [-0.1, -0.05) is 31.2 Å². The summed E-state index contributed by atoms with van der Waals surface area (Å²) in [5.74, 6) is 0.284. The Morgan fingerprint density at radius 1 is 1.15 bits per heavy atom. The molecule has 6 nitrogen and oxygen atoms in total. The molecule has 0 bridgehead atoms. The van der Waals surface area contributed by atoms with Crippen LogP contribution in [0.25, 0.3) is 0 Å². The first-order valence-electron chi connectivity index (χ1n) is 8.73. The highest BCUT2D eigenvalue weighted by molar-refractivity contribution is 7.92. The first kappa shape index (κ1) is 20.8. The summed E-state index contributed by atoms with van der Waals surface area (Å²) >= 11 is 0. The van der Waals surface area contributed by atoms with Crippen LogP contribution in [0.5, 0.6) is 5.75 Å². The zero-order valence-electron chi connectivity index (χ0n) is 16.1. The van der Waals surface area contributed by atoms with Crippen molar-refractivity contribution >= 4 is 21.6 Å². The molecule has 1 N–H and O–H groups in total. The fraction of sp³-hybridized carbons (Fsp3) is 0.350. The second-order valence-corrected chi connectivity index (χ2v) is 8.18. The number of methoxy groups -OCH3 is 1. The second-order valence-electron chi connectivity index (χ2n) is 6.33. The van der Waals surface area contributed by atoms with Gasteiger partial charge < -0.3 is 10.1 Å². The highest BCUT2D eigenvalue weighted by atomic mass is 32.2. The molecule has 0 spiro atoms. The summed E-state index contributed by atoms with van der Waals surface area (Å²) in [5.41, 5.74) is 2.49. The number of hydrogen-bond acceptors (Lipinski definition) is 4. The molecule has 0 aromatic heterocycles. The largest absolute Gasteiger partial charge is 0.497 e. The number of benzene rings is 2. The van der Waals surface area contributed by atoms with Crippen LogP contribution in [0.15, 0.2) is 48.5 Å². The summed E-state index contributed by atoms with van der Waals surface area (Å²) in [4.78, 5) is 12.8. The lowest BCUT2D eigenvalue weighted by Gasteiger charge is -2.30. The first-order chi connectivity index (χ1) is 12.8. The van der Waals surface area contributed by atoms with Gasteiger partial charge in [0.15, 0.2) is 0 Å². The van der Waals surface area contributed by atoms with Gasteiger partial charge in [0.05, 0.1) is 19.1 Å². The van der Waals surface area contributed by atoms with Crippen LogP contribution < -0.4 is 14.4 Å². The Hall–Kier alpha value is -2.54. The molecule has 0 aliphatic rings. The highest BCUT2D eigenvalue weighted by Crippen LogP contribution is 2.25. The molecule has 0 fully saturated rings. The van der Waals surface area contributed by atoms with Crippen LogP contribution in [0.4, 0.5) is 5.69 Å². The van der Waals surface area contributed by atoms with Crippen molar-refractivity contribution in [2.45, 2.75) is 32.9 Å². The van der Waals surface area contributed by atoms with Gasteiger partial charge >= 0.3 is 0 Å². The molecule has 0 saturated heterocycles.